The first-order valence-corrected chi connectivity index (χ1v) is 15.2. The molecular formula is C31H33Cl2N5O4S. The number of hydrogen-bond donors (Lipinski definition) is 3. The zero-order valence-corrected chi connectivity index (χ0v) is 26.6. The van der Waals surface area contributed by atoms with Crippen molar-refractivity contribution < 1.29 is 19.2 Å². The number of carbonyl (C=O) groups excluding carboxylic acids is 4. The highest BCUT2D eigenvalue weighted by Gasteiger charge is 2.43. The Morgan fingerprint density at radius 1 is 1.09 bits per heavy atom. The SMILES string of the molecule is CC#CCN(C(=O)CNC(=O)Nc1ccc(Cl)cc1Cl)C1CN(C(=O)[C@@H](NC(=O)c2cc3ccccc3s2)C(C)(C)C)C1. The largest absolute Gasteiger partial charge is 0.339 e. The van der Waals surface area contributed by atoms with Gasteiger partial charge in [-0.2, -0.15) is 0 Å². The minimum absolute atomic E-state index is 0.152. The Labute approximate surface area is 264 Å². The smallest absolute Gasteiger partial charge is 0.319 e. The van der Waals surface area contributed by atoms with Crippen LogP contribution in [0.5, 0.6) is 0 Å². The number of urea groups is 1. The number of rotatable bonds is 8. The third-order valence-electron chi connectivity index (χ3n) is 6.98. The Hall–Kier alpha value is -3.78. The highest BCUT2D eigenvalue weighted by molar-refractivity contribution is 7.20. The summed E-state index contributed by atoms with van der Waals surface area (Å²) in [5.41, 5.74) is -0.201. The summed E-state index contributed by atoms with van der Waals surface area (Å²) in [6.45, 7) is 7.83. The maximum absolute atomic E-state index is 13.6. The first-order chi connectivity index (χ1) is 20.4. The van der Waals surface area contributed by atoms with Crippen LogP contribution < -0.4 is 16.0 Å². The molecule has 2 aromatic carbocycles. The van der Waals surface area contributed by atoms with Gasteiger partial charge in [0.2, 0.25) is 11.8 Å². The number of nitrogens with one attached hydrogen (secondary N) is 3. The van der Waals surface area contributed by atoms with Crippen molar-refractivity contribution in [3.63, 3.8) is 0 Å². The normalized spacial score (nSPS) is 13.8. The van der Waals surface area contributed by atoms with E-state index in [2.05, 4.69) is 27.8 Å². The number of benzene rings is 2. The molecule has 4 rings (SSSR count). The Morgan fingerprint density at radius 3 is 2.47 bits per heavy atom. The lowest BCUT2D eigenvalue weighted by Crippen LogP contribution is -2.67. The van der Waals surface area contributed by atoms with E-state index in [9.17, 15) is 19.2 Å². The number of thiophene rings is 1. The van der Waals surface area contributed by atoms with Crippen molar-refractivity contribution in [3.8, 4) is 11.8 Å². The van der Waals surface area contributed by atoms with Gasteiger partial charge in [-0.05, 0) is 48.1 Å². The number of nitrogens with zero attached hydrogens (tertiary/aromatic N) is 2. The van der Waals surface area contributed by atoms with E-state index in [-0.39, 0.29) is 55.0 Å². The summed E-state index contributed by atoms with van der Waals surface area (Å²) in [7, 11) is 0. The first kappa shape index (κ1) is 32.1. The molecule has 2 heterocycles. The lowest BCUT2D eigenvalue weighted by Gasteiger charge is -2.47. The van der Waals surface area contributed by atoms with Gasteiger partial charge in [0, 0.05) is 22.8 Å². The predicted octanol–water partition coefficient (Wildman–Crippen LogP) is 5.24. The van der Waals surface area contributed by atoms with Crippen molar-refractivity contribution in [1.82, 2.24) is 20.4 Å². The van der Waals surface area contributed by atoms with Crippen LogP contribution in [0.1, 0.15) is 37.4 Å². The lowest BCUT2D eigenvalue weighted by molar-refractivity contribution is -0.148. The number of hydrogen-bond acceptors (Lipinski definition) is 5. The molecule has 0 spiro atoms. The number of carbonyl (C=O) groups is 4. The molecule has 1 aliphatic heterocycles. The second kappa shape index (κ2) is 13.7. The molecule has 0 saturated carbocycles. The Morgan fingerprint density at radius 2 is 1.81 bits per heavy atom. The van der Waals surface area contributed by atoms with E-state index in [0.717, 1.165) is 10.1 Å². The molecule has 3 N–H and O–H groups in total. The van der Waals surface area contributed by atoms with Crippen LogP contribution in [-0.2, 0) is 9.59 Å². The van der Waals surface area contributed by atoms with Crippen molar-refractivity contribution in [2.24, 2.45) is 5.41 Å². The molecule has 1 saturated heterocycles. The molecule has 1 fully saturated rings. The number of halogens is 2. The summed E-state index contributed by atoms with van der Waals surface area (Å²) in [5.74, 6) is 4.83. The summed E-state index contributed by atoms with van der Waals surface area (Å²) < 4.78 is 0.998. The molecule has 5 amide bonds. The zero-order valence-electron chi connectivity index (χ0n) is 24.3. The minimum atomic E-state index is -0.768. The van der Waals surface area contributed by atoms with E-state index in [1.807, 2.05) is 51.1 Å². The topological polar surface area (TPSA) is 111 Å². The molecule has 0 unspecified atom stereocenters. The summed E-state index contributed by atoms with van der Waals surface area (Å²) >= 11 is 13.4. The van der Waals surface area contributed by atoms with Crippen LogP contribution in [0.2, 0.25) is 10.0 Å². The van der Waals surface area contributed by atoms with E-state index in [0.29, 0.717) is 15.6 Å². The molecule has 3 aromatic rings. The third-order valence-corrected chi connectivity index (χ3v) is 8.64. The maximum Gasteiger partial charge on any atom is 0.319 e. The van der Waals surface area contributed by atoms with Crippen LogP contribution in [0.4, 0.5) is 10.5 Å². The lowest BCUT2D eigenvalue weighted by atomic mass is 9.84. The summed E-state index contributed by atoms with van der Waals surface area (Å²) in [6, 6.07) is 12.6. The van der Waals surface area contributed by atoms with Crippen LogP contribution in [0.15, 0.2) is 48.5 Å². The molecule has 226 valence electrons. The van der Waals surface area contributed by atoms with Gasteiger partial charge >= 0.3 is 6.03 Å². The number of anilines is 1. The quantitative estimate of drug-likeness (QED) is 0.292. The fourth-order valence-corrected chi connectivity index (χ4v) is 5.98. The second-order valence-corrected chi connectivity index (χ2v) is 13.1. The monoisotopic (exact) mass is 641 g/mol. The highest BCUT2D eigenvalue weighted by Crippen LogP contribution is 2.28. The number of likely N-dealkylation sites (tertiary alicyclic amines) is 1. The van der Waals surface area contributed by atoms with E-state index < -0.39 is 17.5 Å². The first-order valence-electron chi connectivity index (χ1n) is 13.6. The van der Waals surface area contributed by atoms with Gasteiger partial charge in [-0.15, -0.1) is 17.3 Å². The summed E-state index contributed by atoms with van der Waals surface area (Å²) in [5, 5.41) is 9.75. The van der Waals surface area contributed by atoms with Crippen LogP contribution in [0.25, 0.3) is 10.1 Å². The van der Waals surface area contributed by atoms with Crippen molar-refractivity contribution >= 4 is 74.1 Å². The van der Waals surface area contributed by atoms with Crippen molar-refractivity contribution in [2.45, 2.75) is 39.8 Å². The van der Waals surface area contributed by atoms with E-state index >= 15 is 0 Å². The highest BCUT2D eigenvalue weighted by atomic mass is 35.5. The number of fused-ring (bicyclic) bond motifs is 1. The molecule has 0 bridgehead atoms. The third kappa shape index (κ3) is 7.99. The summed E-state index contributed by atoms with van der Waals surface area (Å²) in [4.78, 5) is 56.0. The average molecular weight is 643 g/mol. The minimum Gasteiger partial charge on any atom is -0.339 e. The van der Waals surface area contributed by atoms with Gasteiger partial charge in [-0.1, -0.05) is 68.1 Å². The molecule has 9 nitrogen and oxygen atoms in total. The van der Waals surface area contributed by atoms with Crippen molar-refractivity contribution in [1.29, 1.82) is 0 Å². The molecule has 12 heteroatoms. The standard InChI is InChI=1S/C31H33Cl2N5O4S/c1-5-6-13-38(26(39)16-34-30(42)35-23-12-11-20(32)15-22(23)33)21-17-37(18-21)29(41)27(31(2,3)4)36-28(40)25-14-19-9-7-8-10-24(19)43-25/h7-12,14-15,21,27H,13,16-18H2,1-4H3,(H,36,40)(H2,34,35,42)/t27-/m1/s1. The average Bonchev–Trinajstić information content (AvgIpc) is 3.36. The van der Waals surface area contributed by atoms with Gasteiger partial charge in [0.1, 0.15) is 6.04 Å². The van der Waals surface area contributed by atoms with Crippen LogP contribution in [-0.4, -0.2) is 71.8 Å². The Bertz CT molecular complexity index is 1570. The van der Waals surface area contributed by atoms with Crippen molar-refractivity contribution in [3.05, 3.63) is 63.5 Å². The Kier molecular flexibility index (Phi) is 10.2. The van der Waals surface area contributed by atoms with Crippen LogP contribution in [0, 0.1) is 17.3 Å². The fourth-order valence-electron chi connectivity index (χ4n) is 4.56. The molecule has 43 heavy (non-hydrogen) atoms. The number of amides is 5. The molecule has 0 aliphatic carbocycles. The molecule has 1 aliphatic rings. The Balaban J connectivity index is 1.36. The van der Waals surface area contributed by atoms with E-state index in [1.165, 1.54) is 17.4 Å². The molecular weight excluding hydrogens is 609 g/mol. The zero-order chi connectivity index (χ0) is 31.3. The van der Waals surface area contributed by atoms with Gasteiger partial charge in [0.15, 0.2) is 0 Å². The van der Waals surface area contributed by atoms with E-state index in [4.69, 9.17) is 23.2 Å². The second-order valence-electron chi connectivity index (χ2n) is 11.2. The van der Waals surface area contributed by atoms with Gasteiger partial charge in [0.25, 0.3) is 5.91 Å². The van der Waals surface area contributed by atoms with Gasteiger partial charge in [-0.25, -0.2) is 4.79 Å². The molecule has 1 aromatic heterocycles. The van der Waals surface area contributed by atoms with Gasteiger partial charge in [-0.3, -0.25) is 14.4 Å². The van der Waals surface area contributed by atoms with Gasteiger partial charge in [0.05, 0.1) is 34.7 Å². The van der Waals surface area contributed by atoms with E-state index in [1.54, 1.807) is 28.9 Å². The van der Waals surface area contributed by atoms with Gasteiger partial charge < -0.3 is 25.8 Å². The van der Waals surface area contributed by atoms with Crippen LogP contribution in [0.3, 0.4) is 0 Å². The molecule has 0 radical (unpaired) electrons. The predicted molar refractivity (Wildman–Crippen MR) is 172 cm³/mol. The fraction of sp³-hybridized carbons (Fsp3) is 0.355. The summed E-state index contributed by atoms with van der Waals surface area (Å²) in [6.07, 6.45) is 0. The van der Waals surface area contributed by atoms with Crippen LogP contribution >= 0.6 is 34.5 Å². The van der Waals surface area contributed by atoms with Crippen molar-refractivity contribution in [2.75, 3.05) is 31.5 Å². The maximum atomic E-state index is 13.6. The molecule has 1 atom stereocenters.